The third kappa shape index (κ3) is 4.54. The highest BCUT2D eigenvalue weighted by molar-refractivity contribution is 5.72. The summed E-state index contributed by atoms with van der Waals surface area (Å²) >= 11 is 0. The van der Waals surface area contributed by atoms with Crippen LogP contribution in [-0.4, -0.2) is 32.0 Å². The summed E-state index contributed by atoms with van der Waals surface area (Å²) in [5.41, 5.74) is 0.817. The molecule has 7 heteroatoms. The average Bonchev–Trinajstić information content (AvgIpc) is 2.47. The molecule has 122 valence electrons. The molecule has 0 amide bonds. The number of rotatable bonds is 4. The van der Waals surface area contributed by atoms with Gasteiger partial charge in [0.1, 0.15) is 5.75 Å². The van der Waals surface area contributed by atoms with Gasteiger partial charge in [-0.1, -0.05) is 0 Å². The number of piperidine rings is 1. The number of carbonyl (C=O) groups excluding carboxylic acids is 1. The largest absolute Gasteiger partial charge is 0.573 e. The molecule has 0 aliphatic carbocycles. The van der Waals surface area contributed by atoms with Crippen LogP contribution in [0.15, 0.2) is 24.3 Å². The number of halogens is 3. The Balaban J connectivity index is 1.90. The summed E-state index contributed by atoms with van der Waals surface area (Å²) < 4.78 is 45.1. The maximum Gasteiger partial charge on any atom is 0.573 e. The SMILES string of the molecule is CCOC(=O)C1CCN(c2ccc(OC(F)(F)F)cc2)CC1. The van der Waals surface area contributed by atoms with E-state index >= 15 is 0 Å². The van der Waals surface area contributed by atoms with Gasteiger partial charge in [-0.25, -0.2) is 0 Å². The van der Waals surface area contributed by atoms with Gasteiger partial charge in [0.15, 0.2) is 0 Å². The first-order valence-electron chi connectivity index (χ1n) is 7.16. The van der Waals surface area contributed by atoms with Crippen molar-refractivity contribution in [1.82, 2.24) is 0 Å². The van der Waals surface area contributed by atoms with Crippen LogP contribution in [0.4, 0.5) is 18.9 Å². The van der Waals surface area contributed by atoms with Crippen LogP contribution in [0.25, 0.3) is 0 Å². The van der Waals surface area contributed by atoms with E-state index in [1.807, 2.05) is 4.90 Å². The Morgan fingerprint density at radius 1 is 1.23 bits per heavy atom. The smallest absolute Gasteiger partial charge is 0.466 e. The number of hydrogen-bond donors (Lipinski definition) is 0. The average molecular weight is 317 g/mol. The van der Waals surface area contributed by atoms with Gasteiger partial charge in [-0.2, -0.15) is 0 Å². The molecule has 1 heterocycles. The maximum atomic E-state index is 12.1. The summed E-state index contributed by atoms with van der Waals surface area (Å²) in [5.74, 6) is -0.502. The third-order valence-electron chi connectivity index (χ3n) is 3.55. The highest BCUT2D eigenvalue weighted by atomic mass is 19.4. The first kappa shape index (κ1) is 16.5. The van der Waals surface area contributed by atoms with Crippen LogP contribution < -0.4 is 9.64 Å². The highest BCUT2D eigenvalue weighted by Gasteiger charge is 2.31. The first-order valence-corrected chi connectivity index (χ1v) is 7.16. The van der Waals surface area contributed by atoms with Gasteiger partial charge in [0.2, 0.25) is 0 Å². The lowest BCUT2D eigenvalue weighted by atomic mass is 9.96. The second-order valence-corrected chi connectivity index (χ2v) is 5.06. The van der Waals surface area contributed by atoms with Gasteiger partial charge in [-0.3, -0.25) is 4.79 Å². The van der Waals surface area contributed by atoms with Gasteiger partial charge in [-0.15, -0.1) is 13.2 Å². The Labute approximate surface area is 126 Å². The van der Waals surface area contributed by atoms with E-state index in [9.17, 15) is 18.0 Å². The van der Waals surface area contributed by atoms with E-state index in [1.165, 1.54) is 12.1 Å². The molecule has 0 unspecified atom stereocenters. The van der Waals surface area contributed by atoms with E-state index in [4.69, 9.17) is 4.74 Å². The number of benzene rings is 1. The van der Waals surface area contributed by atoms with Crippen molar-refractivity contribution in [2.45, 2.75) is 26.1 Å². The van der Waals surface area contributed by atoms with E-state index in [1.54, 1.807) is 19.1 Å². The standard InChI is InChI=1S/C15H18F3NO3/c1-2-21-14(20)11-7-9-19(10-8-11)12-3-5-13(6-4-12)22-15(16,17)18/h3-6,11H,2,7-10H2,1H3. The van der Waals surface area contributed by atoms with E-state index < -0.39 is 6.36 Å². The normalized spacial score (nSPS) is 16.5. The fourth-order valence-electron chi connectivity index (χ4n) is 2.49. The van der Waals surface area contributed by atoms with Gasteiger partial charge in [0.25, 0.3) is 0 Å². The van der Waals surface area contributed by atoms with E-state index in [0.29, 0.717) is 32.5 Å². The zero-order chi connectivity index (χ0) is 16.2. The molecule has 4 nitrogen and oxygen atoms in total. The number of anilines is 1. The number of alkyl halides is 3. The van der Waals surface area contributed by atoms with E-state index in [0.717, 1.165) is 5.69 Å². The fourth-order valence-corrected chi connectivity index (χ4v) is 2.49. The van der Waals surface area contributed by atoms with Gasteiger partial charge in [-0.05, 0) is 44.0 Å². The lowest BCUT2D eigenvalue weighted by Gasteiger charge is -2.32. The molecule has 1 saturated heterocycles. The van der Waals surface area contributed by atoms with Crippen LogP contribution in [0.3, 0.4) is 0 Å². The van der Waals surface area contributed by atoms with Crippen LogP contribution in [0.5, 0.6) is 5.75 Å². The summed E-state index contributed by atoms with van der Waals surface area (Å²) in [7, 11) is 0. The lowest BCUT2D eigenvalue weighted by molar-refractivity contribution is -0.274. The number of hydrogen-bond acceptors (Lipinski definition) is 4. The predicted molar refractivity (Wildman–Crippen MR) is 74.7 cm³/mol. The molecule has 0 saturated carbocycles. The fraction of sp³-hybridized carbons (Fsp3) is 0.533. The lowest BCUT2D eigenvalue weighted by Crippen LogP contribution is -2.36. The Bertz CT molecular complexity index is 494. The molecular formula is C15H18F3NO3. The Morgan fingerprint density at radius 2 is 1.82 bits per heavy atom. The highest BCUT2D eigenvalue weighted by Crippen LogP contribution is 2.28. The van der Waals surface area contributed by atoms with Crippen molar-refractivity contribution in [3.8, 4) is 5.75 Å². The Hall–Kier alpha value is -1.92. The first-order chi connectivity index (χ1) is 10.4. The van der Waals surface area contributed by atoms with Crippen molar-refractivity contribution < 1.29 is 27.4 Å². The topological polar surface area (TPSA) is 38.8 Å². The van der Waals surface area contributed by atoms with E-state index in [-0.39, 0.29) is 17.6 Å². The van der Waals surface area contributed by atoms with Crippen molar-refractivity contribution in [3.05, 3.63) is 24.3 Å². The minimum Gasteiger partial charge on any atom is -0.466 e. The molecule has 2 rings (SSSR count). The quantitative estimate of drug-likeness (QED) is 0.798. The minimum atomic E-state index is -4.68. The van der Waals surface area contributed by atoms with E-state index in [2.05, 4.69) is 4.74 Å². The molecule has 1 aliphatic heterocycles. The van der Waals surface area contributed by atoms with Crippen molar-refractivity contribution in [1.29, 1.82) is 0 Å². The molecule has 1 aromatic carbocycles. The monoisotopic (exact) mass is 317 g/mol. The van der Waals surface area contributed by atoms with Crippen LogP contribution in [0.2, 0.25) is 0 Å². The number of carbonyl (C=O) groups is 1. The van der Waals surface area contributed by atoms with Gasteiger partial charge in [0, 0.05) is 18.8 Å². The maximum absolute atomic E-state index is 12.1. The molecule has 0 atom stereocenters. The summed E-state index contributed by atoms with van der Waals surface area (Å²) in [5, 5.41) is 0. The van der Waals surface area contributed by atoms with Crippen molar-refractivity contribution in [3.63, 3.8) is 0 Å². The molecule has 1 aliphatic rings. The zero-order valence-corrected chi connectivity index (χ0v) is 12.2. The predicted octanol–water partition coefficient (Wildman–Crippen LogP) is 3.36. The minimum absolute atomic E-state index is 0.0935. The van der Waals surface area contributed by atoms with Crippen LogP contribution >= 0.6 is 0 Å². The zero-order valence-electron chi connectivity index (χ0n) is 12.2. The Kier molecular flexibility index (Phi) is 5.15. The molecule has 1 aromatic rings. The van der Waals surface area contributed by atoms with Gasteiger partial charge in [0.05, 0.1) is 12.5 Å². The number of esters is 1. The molecular weight excluding hydrogens is 299 g/mol. The van der Waals surface area contributed by atoms with Crippen LogP contribution in [-0.2, 0) is 9.53 Å². The number of ether oxygens (including phenoxy) is 2. The Morgan fingerprint density at radius 3 is 2.32 bits per heavy atom. The second kappa shape index (κ2) is 6.89. The molecule has 0 N–H and O–H groups in total. The number of nitrogens with zero attached hydrogens (tertiary/aromatic N) is 1. The summed E-state index contributed by atoms with van der Waals surface area (Å²) in [6.45, 7) is 3.49. The van der Waals surface area contributed by atoms with Gasteiger partial charge < -0.3 is 14.4 Å². The summed E-state index contributed by atoms with van der Waals surface area (Å²) in [4.78, 5) is 13.7. The van der Waals surface area contributed by atoms with Gasteiger partial charge >= 0.3 is 12.3 Å². The summed E-state index contributed by atoms with van der Waals surface area (Å²) in [6.07, 6.45) is -3.32. The molecule has 0 bridgehead atoms. The molecule has 0 aromatic heterocycles. The van der Waals surface area contributed by atoms with Crippen LogP contribution in [0.1, 0.15) is 19.8 Å². The third-order valence-corrected chi connectivity index (χ3v) is 3.55. The molecule has 0 radical (unpaired) electrons. The molecule has 22 heavy (non-hydrogen) atoms. The van der Waals surface area contributed by atoms with Crippen LogP contribution in [0, 0.1) is 5.92 Å². The summed E-state index contributed by atoms with van der Waals surface area (Å²) in [6, 6.07) is 5.76. The van der Waals surface area contributed by atoms with Crippen molar-refractivity contribution in [2.24, 2.45) is 5.92 Å². The molecule has 1 fully saturated rings. The second-order valence-electron chi connectivity index (χ2n) is 5.06. The van der Waals surface area contributed by atoms with Crippen molar-refractivity contribution >= 4 is 11.7 Å². The molecule has 0 spiro atoms. The van der Waals surface area contributed by atoms with Crippen molar-refractivity contribution in [2.75, 3.05) is 24.6 Å².